The molecule has 2 amide bonds. The molecule has 0 bridgehead atoms. The molecule has 0 atom stereocenters. The highest BCUT2D eigenvalue weighted by Gasteiger charge is 2.11. The normalized spacial score (nSPS) is 11.2. The molecular formula is C20H22IN3O2. The monoisotopic (exact) mass is 463 g/mol. The van der Waals surface area contributed by atoms with E-state index in [9.17, 15) is 9.59 Å². The number of amides is 2. The quantitative estimate of drug-likeness (QED) is 0.393. The Balaban J connectivity index is 1.98. The molecule has 5 nitrogen and oxygen atoms in total. The topological polar surface area (TPSA) is 70.6 Å². The van der Waals surface area contributed by atoms with Gasteiger partial charge in [0.2, 0.25) is 5.91 Å². The lowest BCUT2D eigenvalue weighted by Gasteiger charge is -2.12. The molecule has 26 heavy (non-hydrogen) atoms. The molecule has 0 saturated carbocycles. The van der Waals surface area contributed by atoms with Crippen molar-refractivity contribution < 1.29 is 9.59 Å². The molecule has 0 fully saturated rings. The smallest absolute Gasteiger partial charge is 0.272 e. The summed E-state index contributed by atoms with van der Waals surface area (Å²) in [6.45, 7) is 7.68. The van der Waals surface area contributed by atoms with Gasteiger partial charge in [-0.2, -0.15) is 5.10 Å². The lowest BCUT2D eigenvalue weighted by Crippen LogP contribution is -2.22. The molecule has 0 aliphatic rings. The molecule has 0 heterocycles. The largest absolute Gasteiger partial charge is 0.325 e. The Morgan fingerprint density at radius 2 is 1.69 bits per heavy atom. The fourth-order valence-electron chi connectivity index (χ4n) is 2.68. The number of hydrogen-bond acceptors (Lipinski definition) is 3. The predicted octanol–water partition coefficient (Wildman–Crippen LogP) is 4.35. The molecule has 0 unspecified atom stereocenters. The lowest BCUT2D eigenvalue weighted by atomic mass is 10.0. The molecular weight excluding hydrogens is 441 g/mol. The van der Waals surface area contributed by atoms with Crippen LogP contribution in [0.15, 0.2) is 41.5 Å². The van der Waals surface area contributed by atoms with Gasteiger partial charge in [-0.1, -0.05) is 29.8 Å². The first-order valence-corrected chi connectivity index (χ1v) is 9.31. The van der Waals surface area contributed by atoms with Gasteiger partial charge in [-0.25, -0.2) is 5.43 Å². The maximum Gasteiger partial charge on any atom is 0.272 e. The number of nitrogens with zero attached hydrogens (tertiary/aromatic N) is 1. The highest BCUT2D eigenvalue weighted by atomic mass is 127. The van der Waals surface area contributed by atoms with Crippen molar-refractivity contribution in [2.45, 2.75) is 34.1 Å². The zero-order chi connectivity index (χ0) is 19.3. The van der Waals surface area contributed by atoms with Crippen LogP contribution in [0.4, 0.5) is 5.69 Å². The second-order valence-electron chi connectivity index (χ2n) is 6.27. The molecule has 2 rings (SSSR count). The van der Waals surface area contributed by atoms with Crippen molar-refractivity contribution in [1.82, 2.24) is 5.43 Å². The summed E-state index contributed by atoms with van der Waals surface area (Å²) in [5, 5.41) is 6.97. The third kappa shape index (κ3) is 5.39. The fourth-order valence-corrected chi connectivity index (χ4v) is 3.32. The Bertz CT molecular complexity index is 852. The second kappa shape index (κ2) is 8.93. The average Bonchev–Trinajstić information content (AvgIpc) is 2.56. The van der Waals surface area contributed by atoms with E-state index in [1.165, 1.54) is 0 Å². The standard InChI is InChI=1S/C20H22IN3O2/c1-12-9-13(2)19(14(3)10-12)22-18(25)11-15(4)23-24-20(26)16-7-5-6-8-17(16)21/h5-10H,11H2,1-4H3,(H,22,25)(H,24,26). The Morgan fingerprint density at radius 1 is 1.08 bits per heavy atom. The molecule has 2 N–H and O–H groups in total. The molecule has 2 aromatic carbocycles. The van der Waals surface area contributed by atoms with E-state index in [-0.39, 0.29) is 18.2 Å². The first-order chi connectivity index (χ1) is 12.3. The molecule has 0 aliphatic heterocycles. The van der Waals surface area contributed by atoms with Gasteiger partial charge < -0.3 is 5.32 Å². The van der Waals surface area contributed by atoms with E-state index in [0.717, 1.165) is 25.9 Å². The van der Waals surface area contributed by atoms with Gasteiger partial charge in [0.25, 0.3) is 5.91 Å². The Morgan fingerprint density at radius 3 is 2.31 bits per heavy atom. The summed E-state index contributed by atoms with van der Waals surface area (Å²) < 4.78 is 0.846. The molecule has 136 valence electrons. The van der Waals surface area contributed by atoms with Gasteiger partial charge in [0.05, 0.1) is 12.0 Å². The SMILES string of the molecule is CC(CC(=O)Nc1c(C)cc(C)cc1C)=NNC(=O)c1ccccc1I. The molecule has 0 aliphatic carbocycles. The van der Waals surface area contributed by atoms with Crippen molar-refractivity contribution in [3.05, 3.63) is 62.2 Å². The highest BCUT2D eigenvalue weighted by Crippen LogP contribution is 2.22. The van der Waals surface area contributed by atoms with Crippen molar-refractivity contribution in [3.8, 4) is 0 Å². The summed E-state index contributed by atoms with van der Waals surface area (Å²) in [4.78, 5) is 24.4. The van der Waals surface area contributed by atoms with E-state index >= 15 is 0 Å². The Hall–Kier alpha value is -2.22. The van der Waals surface area contributed by atoms with Gasteiger partial charge in [0.1, 0.15) is 0 Å². The fraction of sp³-hybridized carbons (Fsp3) is 0.250. The maximum absolute atomic E-state index is 12.3. The molecule has 0 spiro atoms. The van der Waals surface area contributed by atoms with Crippen molar-refractivity contribution in [3.63, 3.8) is 0 Å². The van der Waals surface area contributed by atoms with Crippen LogP contribution in [0, 0.1) is 24.3 Å². The highest BCUT2D eigenvalue weighted by molar-refractivity contribution is 14.1. The summed E-state index contributed by atoms with van der Waals surface area (Å²) >= 11 is 2.10. The van der Waals surface area contributed by atoms with Crippen LogP contribution in [0.3, 0.4) is 0 Å². The van der Waals surface area contributed by atoms with E-state index in [1.807, 2.05) is 45.0 Å². The average molecular weight is 463 g/mol. The minimum absolute atomic E-state index is 0.110. The first-order valence-electron chi connectivity index (χ1n) is 8.23. The van der Waals surface area contributed by atoms with Crippen molar-refractivity contribution in [1.29, 1.82) is 0 Å². The van der Waals surface area contributed by atoms with E-state index < -0.39 is 0 Å². The van der Waals surface area contributed by atoms with E-state index in [1.54, 1.807) is 19.1 Å². The van der Waals surface area contributed by atoms with Crippen molar-refractivity contribution in [2.75, 3.05) is 5.32 Å². The number of rotatable bonds is 5. The lowest BCUT2D eigenvalue weighted by molar-refractivity contribution is -0.115. The van der Waals surface area contributed by atoms with Crippen molar-refractivity contribution in [2.24, 2.45) is 5.10 Å². The zero-order valence-corrected chi connectivity index (χ0v) is 17.5. The van der Waals surface area contributed by atoms with Gasteiger partial charge in [0.15, 0.2) is 0 Å². The van der Waals surface area contributed by atoms with Crippen molar-refractivity contribution >= 4 is 45.8 Å². The zero-order valence-electron chi connectivity index (χ0n) is 15.3. The number of nitrogens with one attached hydrogen (secondary N) is 2. The maximum atomic E-state index is 12.3. The number of anilines is 1. The van der Waals surface area contributed by atoms with Gasteiger partial charge in [-0.3, -0.25) is 9.59 Å². The van der Waals surface area contributed by atoms with Crippen LogP contribution in [-0.2, 0) is 4.79 Å². The van der Waals surface area contributed by atoms with E-state index in [4.69, 9.17) is 0 Å². The van der Waals surface area contributed by atoms with Crippen LogP contribution in [-0.4, -0.2) is 17.5 Å². The number of halogens is 1. The van der Waals surface area contributed by atoms with Crippen LogP contribution in [0.2, 0.25) is 0 Å². The number of hydrogen-bond donors (Lipinski definition) is 2. The molecule has 0 aromatic heterocycles. The van der Waals surface area contributed by atoms with E-state index in [2.05, 4.69) is 38.4 Å². The summed E-state index contributed by atoms with van der Waals surface area (Å²) in [6.07, 6.45) is 0.110. The summed E-state index contributed by atoms with van der Waals surface area (Å²) in [5.74, 6) is -0.454. The van der Waals surface area contributed by atoms with Crippen LogP contribution in [0.25, 0.3) is 0 Å². The van der Waals surface area contributed by atoms with Gasteiger partial charge in [0, 0.05) is 15.0 Å². The molecule has 6 heteroatoms. The number of hydrazone groups is 1. The molecule has 0 saturated heterocycles. The minimum Gasteiger partial charge on any atom is -0.325 e. The summed E-state index contributed by atoms with van der Waals surface area (Å²) in [7, 11) is 0. The van der Waals surface area contributed by atoms with Crippen LogP contribution in [0.5, 0.6) is 0 Å². The number of carbonyl (C=O) groups is 2. The number of aryl methyl sites for hydroxylation is 3. The summed E-state index contributed by atoms with van der Waals surface area (Å²) in [5.41, 5.74) is 7.63. The molecule has 2 aromatic rings. The predicted molar refractivity (Wildman–Crippen MR) is 114 cm³/mol. The van der Waals surface area contributed by atoms with Crippen LogP contribution >= 0.6 is 22.6 Å². The minimum atomic E-state index is -0.292. The second-order valence-corrected chi connectivity index (χ2v) is 7.43. The number of carbonyl (C=O) groups excluding carboxylic acids is 2. The Kier molecular flexibility index (Phi) is 6.90. The first kappa shape index (κ1) is 20.1. The van der Waals surface area contributed by atoms with Crippen LogP contribution in [0.1, 0.15) is 40.4 Å². The molecule has 0 radical (unpaired) electrons. The summed E-state index contributed by atoms with van der Waals surface area (Å²) in [6, 6.07) is 11.3. The van der Waals surface area contributed by atoms with Gasteiger partial charge in [-0.05, 0) is 73.5 Å². The van der Waals surface area contributed by atoms with Gasteiger partial charge >= 0.3 is 0 Å². The number of benzene rings is 2. The third-order valence-electron chi connectivity index (χ3n) is 3.82. The van der Waals surface area contributed by atoms with Crippen LogP contribution < -0.4 is 10.7 Å². The van der Waals surface area contributed by atoms with Gasteiger partial charge in [-0.15, -0.1) is 0 Å². The third-order valence-corrected chi connectivity index (χ3v) is 4.77. The van der Waals surface area contributed by atoms with E-state index in [0.29, 0.717) is 11.3 Å². The Labute approximate surface area is 167 Å².